The molecule has 0 unspecified atom stereocenters. The van der Waals surface area contributed by atoms with Gasteiger partial charge in [-0.05, 0) is 35.0 Å². The van der Waals surface area contributed by atoms with Crippen LogP contribution in [0.3, 0.4) is 0 Å². The summed E-state index contributed by atoms with van der Waals surface area (Å²) in [4.78, 5) is 6.10. The molecule has 2 aromatic rings. The van der Waals surface area contributed by atoms with Gasteiger partial charge in [0.15, 0.2) is 0 Å². The summed E-state index contributed by atoms with van der Waals surface area (Å²) in [6, 6.07) is 1.71. The van der Waals surface area contributed by atoms with Crippen LogP contribution in [0.4, 0.5) is 0 Å². The molecule has 0 bridgehead atoms. The minimum atomic E-state index is -3.51. The summed E-state index contributed by atoms with van der Waals surface area (Å²) in [5, 5.41) is 3.27. The van der Waals surface area contributed by atoms with Crippen molar-refractivity contribution in [2.45, 2.75) is 31.3 Å². The predicted molar refractivity (Wildman–Crippen MR) is 90.2 cm³/mol. The Morgan fingerprint density at radius 1 is 1.33 bits per heavy atom. The van der Waals surface area contributed by atoms with E-state index >= 15 is 0 Å². The molecule has 2 aromatic heterocycles. The number of aromatic nitrogens is 1. The summed E-state index contributed by atoms with van der Waals surface area (Å²) in [5.74, 6) is 0. The van der Waals surface area contributed by atoms with E-state index in [0.29, 0.717) is 15.2 Å². The molecule has 0 atom stereocenters. The lowest BCUT2D eigenvalue weighted by Gasteiger charge is -2.03. The number of rotatable bonds is 8. The highest BCUT2D eigenvalue weighted by Crippen LogP contribution is 2.31. The normalized spacial score (nSPS) is 11.9. The topological polar surface area (TPSA) is 71.1 Å². The molecule has 116 valence electrons. The first-order chi connectivity index (χ1) is 10.0. The number of sulfonamides is 1. The molecule has 0 amide bonds. The van der Waals surface area contributed by atoms with Gasteiger partial charge >= 0.3 is 0 Å². The number of halogens is 1. The molecule has 0 fully saturated rings. The smallest absolute Gasteiger partial charge is 0.242 e. The Bertz CT molecular complexity index is 668. The van der Waals surface area contributed by atoms with E-state index in [4.69, 9.17) is 0 Å². The van der Waals surface area contributed by atoms with E-state index in [1.807, 2.05) is 0 Å². The number of hydrogen-bond acceptors (Lipinski definition) is 6. The first-order valence-electron chi connectivity index (χ1n) is 6.39. The van der Waals surface area contributed by atoms with Gasteiger partial charge in [0.25, 0.3) is 0 Å². The molecule has 2 heterocycles. The number of thiazole rings is 1. The molecular formula is C12H16BrN3O2S3. The average molecular weight is 410 g/mol. The van der Waals surface area contributed by atoms with Crippen LogP contribution in [0.25, 0.3) is 0 Å². The predicted octanol–water partition coefficient (Wildman–Crippen LogP) is 2.95. The number of nitrogens with one attached hydrogen (secondary N) is 2. The zero-order chi connectivity index (χ0) is 15.3. The molecule has 0 aliphatic carbocycles. The largest absolute Gasteiger partial charge is 0.312 e. The fourth-order valence-electron chi connectivity index (χ4n) is 1.63. The highest BCUT2D eigenvalue weighted by Gasteiger charge is 2.20. The van der Waals surface area contributed by atoms with Crippen molar-refractivity contribution >= 4 is 48.6 Å². The zero-order valence-electron chi connectivity index (χ0n) is 11.4. The summed E-state index contributed by atoms with van der Waals surface area (Å²) in [7, 11) is -3.51. The van der Waals surface area contributed by atoms with Crippen LogP contribution < -0.4 is 10.0 Å². The second kappa shape index (κ2) is 7.80. The van der Waals surface area contributed by atoms with Crippen LogP contribution in [0.1, 0.15) is 23.1 Å². The molecule has 0 saturated carbocycles. The van der Waals surface area contributed by atoms with Crippen LogP contribution in [0, 0.1) is 0 Å². The van der Waals surface area contributed by atoms with Gasteiger partial charge in [-0.15, -0.1) is 22.7 Å². The standard InChI is InChI=1S/C12H16BrN3O2S3/c1-2-3-14-5-9-4-11(12(13)20-9)21(17,18)16-7-10-6-15-8-19-10/h4,6,8,14,16H,2-3,5,7H2,1H3. The SMILES string of the molecule is CCCNCc1cc(S(=O)(=O)NCc2cncs2)c(Br)s1. The van der Waals surface area contributed by atoms with Crippen molar-refractivity contribution in [1.29, 1.82) is 0 Å². The molecule has 0 saturated heterocycles. The Morgan fingerprint density at radius 2 is 2.14 bits per heavy atom. The number of thiophene rings is 1. The Labute approximate surface area is 141 Å². The molecule has 2 N–H and O–H groups in total. The third-order valence-electron chi connectivity index (χ3n) is 2.64. The Morgan fingerprint density at radius 3 is 2.81 bits per heavy atom. The number of hydrogen-bond donors (Lipinski definition) is 2. The number of nitrogens with zero attached hydrogens (tertiary/aromatic N) is 1. The quantitative estimate of drug-likeness (QED) is 0.657. The fraction of sp³-hybridized carbons (Fsp3) is 0.417. The molecule has 0 aromatic carbocycles. The molecular weight excluding hydrogens is 394 g/mol. The highest BCUT2D eigenvalue weighted by atomic mass is 79.9. The van der Waals surface area contributed by atoms with E-state index in [9.17, 15) is 8.42 Å². The molecule has 0 radical (unpaired) electrons. The van der Waals surface area contributed by atoms with E-state index in [1.165, 1.54) is 22.7 Å². The molecule has 0 aliphatic heterocycles. The van der Waals surface area contributed by atoms with Gasteiger partial charge in [0.05, 0.1) is 9.30 Å². The van der Waals surface area contributed by atoms with Crippen LogP contribution >= 0.6 is 38.6 Å². The lowest BCUT2D eigenvalue weighted by Crippen LogP contribution is -2.22. The Balaban J connectivity index is 2.05. The molecule has 21 heavy (non-hydrogen) atoms. The molecule has 5 nitrogen and oxygen atoms in total. The fourth-order valence-corrected chi connectivity index (χ4v) is 5.91. The Hall–Kier alpha value is -0.320. The Kier molecular flexibility index (Phi) is 6.33. The summed E-state index contributed by atoms with van der Waals surface area (Å²) >= 11 is 6.21. The maximum Gasteiger partial charge on any atom is 0.242 e. The lowest BCUT2D eigenvalue weighted by molar-refractivity contribution is 0.581. The van der Waals surface area contributed by atoms with Gasteiger partial charge in [0.1, 0.15) is 4.90 Å². The second-order valence-electron chi connectivity index (χ2n) is 4.32. The maximum atomic E-state index is 12.3. The zero-order valence-corrected chi connectivity index (χ0v) is 15.5. The van der Waals surface area contributed by atoms with Crippen molar-refractivity contribution < 1.29 is 8.42 Å². The highest BCUT2D eigenvalue weighted by molar-refractivity contribution is 9.11. The monoisotopic (exact) mass is 409 g/mol. The van der Waals surface area contributed by atoms with Crippen LogP contribution in [0.2, 0.25) is 0 Å². The van der Waals surface area contributed by atoms with Crippen LogP contribution in [-0.2, 0) is 23.1 Å². The van der Waals surface area contributed by atoms with Crippen LogP contribution in [0.15, 0.2) is 26.5 Å². The van der Waals surface area contributed by atoms with Crippen LogP contribution in [-0.4, -0.2) is 19.9 Å². The summed E-state index contributed by atoms with van der Waals surface area (Å²) in [5.41, 5.74) is 1.68. The van der Waals surface area contributed by atoms with Gasteiger partial charge in [-0.1, -0.05) is 6.92 Å². The maximum absolute atomic E-state index is 12.3. The third kappa shape index (κ3) is 4.83. The lowest BCUT2D eigenvalue weighted by atomic mass is 10.4. The molecule has 9 heteroatoms. The third-order valence-corrected chi connectivity index (χ3v) is 7.07. The van der Waals surface area contributed by atoms with Crippen molar-refractivity contribution in [2.24, 2.45) is 0 Å². The van der Waals surface area contributed by atoms with Crippen molar-refractivity contribution in [3.63, 3.8) is 0 Å². The van der Waals surface area contributed by atoms with Gasteiger partial charge in [-0.25, -0.2) is 13.1 Å². The molecule has 0 spiro atoms. The van der Waals surface area contributed by atoms with Crippen molar-refractivity contribution in [1.82, 2.24) is 15.0 Å². The average Bonchev–Trinajstić information content (AvgIpc) is 3.07. The summed E-state index contributed by atoms with van der Waals surface area (Å²) in [6.07, 6.45) is 2.71. The molecule has 2 rings (SSSR count). The summed E-state index contributed by atoms with van der Waals surface area (Å²) in [6.45, 7) is 3.96. The van der Waals surface area contributed by atoms with Gasteiger partial charge < -0.3 is 5.32 Å². The van der Waals surface area contributed by atoms with Crippen LogP contribution in [0.5, 0.6) is 0 Å². The van der Waals surface area contributed by atoms with E-state index in [2.05, 4.69) is 37.9 Å². The first kappa shape index (κ1) is 17.0. The van der Waals surface area contributed by atoms with Crippen molar-refractivity contribution in [2.75, 3.05) is 6.54 Å². The van der Waals surface area contributed by atoms with E-state index < -0.39 is 10.0 Å². The minimum absolute atomic E-state index is 0.263. The van der Waals surface area contributed by atoms with Gasteiger partial charge in [-0.2, -0.15) is 0 Å². The van der Waals surface area contributed by atoms with E-state index in [1.54, 1.807) is 17.8 Å². The van der Waals surface area contributed by atoms with E-state index in [-0.39, 0.29) is 6.54 Å². The van der Waals surface area contributed by atoms with E-state index in [0.717, 1.165) is 22.7 Å². The summed E-state index contributed by atoms with van der Waals surface area (Å²) < 4.78 is 27.9. The second-order valence-corrected chi connectivity index (χ2v) is 9.48. The van der Waals surface area contributed by atoms with Crippen molar-refractivity contribution in [3.05, 3.63) is 31.3 Å². The van der Waals surface area contributed by atoms with Crippen molar-refractivity contribution in [3.8, 4) is 0 Å². The van der Waals surface area contributed by atoms with Gasteiger partial charge in [-0.3, -0.25) is 4.98 Å². The minimum Gasteiger partial charge on any atom is -0.312 e. The van der Waals surface area contributed by atoms with Gasteiger partial charge in [0, 0.05) is 29.0 Å². The van der Waals surface area contributed by atoms with Gasteiger partial charge in [0.2, 0.25) is 10.0 Å². The molecule has 0 aliphatic rings. The first-order valence-corrected chi connectivity index (χ1v) is 10.4.